The van der Waals surface area contributed by atoms with Crippen LogP contribution < -0.4 is 5.32 Å². The zero-order chi connectivity index (χ0) is 13.9. The highest BCUT2D eigenvalue weighted by atomic mass is 35.5. The van der Waals surface area contributed by atoms with Gasteiger partial charge in [0, 0.05) is 0 Å². The molecule has 0 saturated carbocycles. The van der Waals surface area contributed by atoms with Crippen LogP contribution in [-0.4, -0.2) is 16.4 Å². The van der Waals surface area contributed by atoms with E-state index in [0.29, 0.717) is 0 Å². The second-order valence-electron chi connectivity index (χ2n) is 4.08. The third-order valence-corrected chi connectivity index (χ3v) is 2.42. The number of benzene rings is 1. The topological polar surface area (TPSA) is 96.0 Å². The summed E-state index contributed by atoms with van der Waals surface area (Å²) in [4.78, 5) is 22.0. The molecule has 0 fully saturated rings. The van der Waals surface area contributed by atoms with E-state index in [4.69, 9.17) is 16.9 Å². The monoisotopic (exact) mass is 267 g/mol. The highest BCUT2D eigenvalue weighted by Gasteiger charge is 2.27. The zero-order valence-electron chi connectivity index (χ0n) is 9.73. The van der Waals surface area contributed by atoms with Crippen LogP contribution in [0.5, 0.6) is 0 Å². The van der Waals surface area contributed by atoms with Gasteiger partial charge in [0.1, 0.15) is 16.1 Å². The van der Waals surface area contributed by atoms with Crippen molar-refractivity contribution in [1.29, 1.82) is 5.26 Å². The summed E-state index contributed by atoms with van der Waals surface area (Å²) < 4.78 is 0. The SMILES string of the molecule is CC(C)(C#N)NC(=O)c1cccc(Cl)c1[N+](=O)[O-]. The maximum absolute atomic E-state index is 11.9. The molecule has 0 heterocycles. The Morgan fingerprint density at radius 3 is 2.67 bits per heavy atom. The van der Waals surface area contributed by atoms with Crippen molar-refractivity contribution in [2.75, 3.05) is 0 Å². The molecular weight excluding hydrogens is 258 g/mol. The van der Waals surface area contributed by atoms with Crippen LogP contribution in [0.25, 0.3) is 0 Å². The molecule has 18 heavy (non-hydrogen) atoms. The third-order valence-electron chi connectivity index (χ3n) is 2.12. The molecule has 0 saturated heterocycles. The summed E-state index contributed by atoms with van der Waals surface area (Å²) >= 11 is 5.69. The molecule has 6 nitrogen and oxygen atoms in total. The largest absolute Gasteiger partial charge is 0.334 e. The van der Waals surface area contributed by atoms with Gasteiger partial charge in [0.15, 0.2) is 0 Å². The summed E-state index contributed by atoms with van der Waals surface area (Å²) in [6.07, 6.45) is 0. The Labute approximate surface area is 108 Å². The lowest BCUT2D eigenvalue weighted by Crippen LogP contribution is -2.42. The number of rotatable bonds is 3. The Morgan fingerprint density at radius 2 is 2.17 bits per heavy atom. The van der Waals surface area contributed by atoms with E-state index in [1.807, 2.05) is 6.07 Å². The molecule has 0 atom stereocenters. The number of nitro groups is 1. The van der Waals surface area contributed by atoms with Crippen LogP contribution in [-0.2, 0) is 0 Å². The molecule has 0 aliphatic heterocycles. The van der Waals surface area contributed by atoms with Gasteiger partial charge in [0.2, 0.25) is 0 Å². The number of hydrogen-bond acceptors (Lipinski definition) is 4. The first-order valence-electron chi connectivity index (χ1n) is 4.95. The summed E-state index contributed by atoms with van der Waals surface area (Å²) in [5.74, 6) is -0.712. The Bertz CT molecular complexity index is 549. The molecular formula is C11H10ClN3O3. The quantitative estimate of drug-likeness (QED) is 0.671. The first-order chi connectivity index (χ1) is 8.28. The van der Waals surface area contributed by atoms with Crippen LogP contribution in [0.2, 0.25) is 5.02 Å². The number of nitriles is 1. The molecule has 94 valence electrons. The maximum Gasteiger partial charge on any atom is 0.300 e. The molecule has 0 aliphatic carbocycles. The first kappa shape index (κ1) is 13.9. The van der Waals surface area contributed by atoms with Crippen LogP contribution in [0.1, 0.15) is 24.2 Å². The van der Waals surface area contributed by atoms with Gasteiger partial charge in [0.05, 0.1) is 11.0 Å². The van der Waals surface area contributed by atoms with E-state index >= 15 is 0 Å². The van der Waals surface area contributed by atoms with Crippen molar-refractivity contribution in [3.63, 3.8) is 0 Å². The molecule has 0 spiro atoms. The average Bonchev–Trinajstić information content (AvgIpc) is 2.27. The fourth-order valence-electron chi connectivity index (χ4n) is 1.26. The number of carbonyl (C=O) groups excluding carboxylic acids is 1. The number of carbonyl (C=O) groups is 1. The lowest BCUT2D eigenvalue weighted by atomic mass is 10.1. The highest BCUT2D eigenvalue weighted by molar-refractivity contribution is 6.33. The molecule has 1 aromatic carbocycles. The average molecular weight is 268 g/mol. The maximum atomic E-state index is 11.9. The van der Waals surface area contributed by atoms with Gasteiger partial charge in [-0.05, 0) is 26.0 Å². The Morgan fingerprint density at radius 1 is 1.56 bits per heavy atom. The first-order valence-corrected chi connectivity index (χ1v) is 5.33. The summed E-state index contributed by atoms with van der Waals surface area (Å²) in [7, 11) is 0. The molecule has 1 N–H and O–H groups in total. The van der Waals surface area contributed by atoms with Crippen molar-refractivity contribution >= 4 is 23.2 Å². The van der Waals surface area contributed by atoms with Gasteiger partial charge in [-0.15, -0.1) is 0 Å². The van der Waals surface area contributed by atoms with E-state index in [2.05, 4.69) is 5.32 Å². The molecule has 0 aromatic heterocycles. The fourth-order valence-corrected chi connectivity index (χ4v) is 1.51. The van der Waals surface area contributed by atoms with Gasteiger partial charge in [-0.1, -0.05) is 17.7 Å². The second-order valence-corrected chi connectivity index (χ2v) is 4.49. The summed E-state index contributed by atoms with van der Waals surface area (Å²) in [6.45, 7) is 2.97. The minimum atomic E-state index is -1.12. The molecule has 0 radical (unpaired) electrons. The second kappa shape index (κ2) is 5.02. The van der Waals surface area contributed by atoms with Gasteiger partial charge >= 0.3 is 5.69 Å². The van der Waals surface area contributed by atoms with E-state index in [-0.39, 0.29) is 10.6 Å². The number of nitrogens with zero attached hydrogens (tertiary/aromatic N) is 2. The van der Waals surface area contributed by atoms with Crippen molar-refractivity contribution in [2.45, 2.75) is 19.4 Å². The van der Waals surface area contributed by atoms with Crippen molar-refractivity contribution in [3.8, 4) is 6.07 Å². The normalized spacial score (nSPS) is 10.6. The Balaban J connectivity index is 3.19. The molecule has 1 rings (SSSR count). The predicted octanol–water partition coefficient (Wildman–Crippen LogP) is 2.28. The molecule has 7 heteroatoms. The number of amides is 1. The van der Waals surface area contributed by atoms with Crippen LogP contribution in [0.15, 0.2) is 18.2 Å². The minimum Gasteiger partial charge on any atom is -0.334 e. The number of para-hydroxylation sites is 1. The van der Waals surface area contributed by atoms with Gasteiger partial charge in [0.25, 0.3) is 5.91 Å². The number of nitro benzene ring substituents is 1. The van der Waals surface area contributed by atoms with E-state index in [1.165, 1.54) is 32.0 Å². The van der Waals surface area contributed by atoms with Gasteiger partial charge in [-0.25, -0.2) is 0 Å². The van der Waals surface area contributed by atoms with E-state index in [0.717, 1.165) is 0 Å². The fraction of sp³-hybridized carbons (Fsp3) is 0.273. The van der Waals surface area contributed by atoms with Gasteiger partial charge in [-0.3, -0.25) is 14.9 Å². The Kier molecular flexibility index (Phi) is 3.89. The molecule has 0 unspecified atom stereocenters. The molecule has 1 amide bonds. The van der Waals surface area contributed by atoms with E-state index in [1.54, 1.807) is 0 Å². The van der Waals surface area contributed by atoms with Crippen molar-refractivity contribution in [1.82, 2.24) is 5.32 Å². The third kappa shape index (κ3) is 2.96. The standard InChI is InChI=1S/C11H10ClN3O3/c1-11(2,6-13)14-10(16)7-4-3-5-8(12)9(7)15(17)18/h3-5H,1-2H3,(H,14,16). The zero-order valence-corrected chi connectivity index (χ0v) is 10.5. The highest BCUT2D eigenvalue weighted by Crippen LogP contribution is 2.28. The van der Waals surface area contributed by atoms with Crippen molar-refractivity contribution < 1.29 is 9.72 Å². The summed E-state index contributed by atoms with van der Waals surface area (Å²) in [6, 6.07) is 5.91. The van der Waals surface area contributed by atoms with E-state index < -0.39 is 22.1 Å². The van der Waals surface area contributed by atoms with E-state index in [9.17, 15) is 14.9 Å². The van der Waals surface area contributed by atoms with Gasteiger partial charge in [-0.2, -0.15) is 5.26 Å². The Hall–Kier alpha value is -2.13. The summed E-state index contributed by atoms with van der Waals surface area (Å²) in [5.41, 5.74) is -1.76. The number of halogens is 1. The lowest BCUT2D eigenvalue weighted by molar-refractivity contribution is -0.385. The van der Waals surface area contributed by atoms with Crippen LogP contribution >= 0.6 is 11.6 Å². The minimum absolute atomic E-state index is 0.123. The van der Waals surface area contributed by atoms with Crippen molar-refractivity contribution in [3.05, 3.63) is 38.9 Å². The number of hydrogen-bond donors (Lipinski definition) is 1. The van der Waals surface area contributed by atoms with Crippen LogP contribution in [0, 0.1) is 21.4 Å². The van der Waals surface area contributed by atoms with Gasteiger partial charge < -0.3 is 5.32 Å². The molecule has 0 aliphatic rings. The molecule has 1 aromatic rings. The van der Waals surface area contributed by atoms with Crippen LogP contribution in [0.4, 0.5) is 5.69 Å². The smallest absolute Gasteiger partial charge is 0.300 e. The summed E-state index contributed by atoms with van der Waals surface area (Å²) in [5, 5.41) is 21.9. The predicted molar refractivity (Wildman–Crippen MR) is 65.3 cm³/mol. The molecule has 0 bridgehead atoms. The van der Waals surface area contributed by atoms with Crippen LogP contribution in [0.3, 0.4) is 0 Å². The lowest BCUT2D eigenvalue weighted by Gasteiger charge is -2.17. The number of nitrogens with one attached hydrogen (secondary N) is 1. The van der Waals surface area contributed by atoms with Crippen molar-refractivity contribution in [2.24, 2.45) is 0 Å².